The van der Waals surface area contributed by atoms with Gasteiger partial charge in [0.2, 0.25) is 0 Å². The Kier molecular flexibility index (Phi) is 40.1. The third-order valence-corrected chi connectivity index (χ3v) is 8.99. The summed E-state index contributed by atoms with van der Waals surface area (Å²) in [5.41, 5.74) is 0. The highest BCUT2D eigenvalue weighted by atomic mass is 16.6. The average molecular weight is 753 g/mol. The van der Waals surface area contributed by atoms with E-state index in [2.05, 4.69) is 81.5 Å². The molecule has 0 aliphatic heterocycles. The summed E-state index contributed by atoms with van der Waals surface area (Å²) >= 11 is 0. The number of carbonyl (C=O) groups is 3. The van der Waals surface area contributed by atoms with Crippen LogP contribution in [0.1, 0.15) is 194 Å². The Hall–Kier alpha value is -3.15. The van der Waals surface area contributed by atoms with Gasteiger partial charge in [0, 0.05) is 19.3 Å². The first-order valence-corrected chi connectivity index (χ1v) is 21.9. The second-order valence-electron chi connectivity index (χ2n) is 14.2. The summed E-state index contributed by atoms with van der Waals surface area (Å²) in [4.78, 5) is 37.4. The molecule has 0 aromatic rings. The molecule has 0 spiro atoms. The largest absolute Gasteiger partial charge is 0.462 e. The molecule has 0 aromatic heterocycles. The molecule has 308 valence electrons. The molecule has 0 aliphatic rings. The normalized spacial score (nSPS) is 12.7. The van der Waals surface area contributed by atoms with Gasteiger partial charge in [-0.3, -0.25) is 14.4 Å². The maximum atomic E-state index is 12.6. The molecule has 0 bridgehead atoms. The van der Waals surface area contributed by atoms with Crippen molar-refractivity contribution in [1.29, 1.82) is 0 Å². The van der Waals surface area contributed by atoms with E-state index in [1.807, 2.05) is 12.2 Å². The van der Waals surface area contributed by atoms with Crippen LogP contribution in [0, 0.1) is 0 Å². The van der Waals surface area contributed by atoms with E-state index in [4.69, 9.17) is 14.2 Å². The summed E-state index contributed by atoms with van der Waals surface area (Å²) in [5.74, 6) is -1.01. The molecule has 0 N–H and O–H groups in total. The van der Waals surface area contributed by atoms with Crippen molar-refractivity contribution in [3.05, 3.63) is 72.9 Å². The smallest absolute Gasteiger partial charge is 0.306 e. The first-order valence-electron chi connectivity index (χ1n) is 21.9. The molecule has 0 saturated heterocycles. The van der Waals surface area contributed by atoms with Gasteiger partial charge in [0.15, 0.2) is 6.10 Å². The summed E-state index contributed by atoms with van der Waals surface area (Å²) in [6.45, 7) is 6.34. The fraction of sp³-hybridized carbons (Fsp3) is 0.688. The first-order chi connectivity index (χ1) is 26.5. The molecule has 0 aromatic carbocycles. The van der Waals surface area contributed by atoms with Crippen molar-refractivity contribution in [2.24, 2.45) is 0 Å². The van der Waals surface area contributed by atoms with Crippen molar-refractivity contribution in [2.45, 2.75) is 200 Å². The number of rotatable bonds is 38. The van der Waals surface area contributed by atoms with Crippen molar-refractivity contribution in [2.75, 3.05) is 13.2 Å². The molecular formula is C48H80O6. The Balaban J connectivity index is 4.36. The molecule has 0 fully saturated rings. The summed E-state index contributed by atoms with van der Waals surface area (Å²) in [7, 11) is 0. The van der Waals surface area contributed by atoms with Crippen LogP contribution in [0.2, 0.25) is 0 Å². The Morgan fingerprint density at radius 3 is 1.13 bits per heavy atom. The molecule has 54 heavy (non-hydrogen) atoms. The van der Waals surface area contributed by atoms with Crippen molar-refractivity contribution in [3.63, 3.8) is 0 Å². The van der Waals surface area contributed by atoms with Crippen LogP contribution >= 0.6 is 0 Å². The van der Waals surface area contributed by atoms with Gasteiger partial charge in [-0.25, -0.2) is 0 Å². The van der Waals surface area contributed by atoms with Crippen LogP contribution in [0.15, 0.2) is 72.9 Å². The van der Waals surface area contributed by atoms with Gasteiger partial charge in [0.05, 0.1) is 0 Å². The van der Waals surface area contributed by atoms with Gasteiger partial charge in [-0.15, -0.1) is 0 Å². The van der Waals surface area contributed by atoms with Gasteiger partial charge < -0.3 is 14.2 Å². The Labute approximate surface area is 332 Å². The second kappa shape index (κ2) is 42.6. The molecule has 6 heteroatoms. The number of unbranched alkanes of at least 4 members (excludes halogenated alkanes) is 15. The molecule has 1 unspecified atom stereocenters. The van der Waals surface area contributed by atoms with Crippen LogP contribution in [-0.2, 0) is 28.6 Å². The van der Waals surface area contributed by atoms with E-state index in [9.17, 15) is 14.4 Å². The average Bonchev–Trinajstić information content (AvgIpc) is 3.17. The topological polar surface area (TPSA) is 78.9 Å². The summed E-state index contributed by atoms with van der Waals surface area (Å²) < 4.78 is 16.5. The minimum atomic E-state index is -0.798. The SMILES string of the molecule is CC/C=C\C/C=C\C/C=C\C/C=C\C/C=C\C/C=C\CCC(=O)OCC(COC(=O)CCCCCCC)OC(=O)CCCCCCCCCCCCCC. The summed E-state index contributed by atoms with van der Waals surface area (Å²) in [6, 6.07) is 0. The fourth-order valence-electron chi connectivity index (χ4n) is 5.70. The molecule has 0 amide bonds. The first kappa shape index (κ1) is 50.9. The van der Waals surface area contributed by atoms with Gasteiger partial charge >= 0.3 is 17.9 Å². The van der Waals surface area contributed by atoms with E-state index >= 15 is 0 Å². The van der Waals surface area contributed by atoms with E-state index in [1.54, 1.807) is 0 Å². The minimum Gasteiger partial charge on any atom is -0.462 e. The zero-order valence-electron chi connectivity index (χ0n) is 35.0. The third kappa shape index (κ3) is 40.0. The number of carbonyl (C=O) groups excluding carboxylic acids is 3. The van der Waals surface area contributed by atoms with Gasteiger partial charge in [-0.2, -0.15) is 0 Å². The highest BCUT2D eigenvalue weighted by Gasteiger charge is 2.19. The second-order valence-corrected chi connectivity index (χ2v) is 14.2. The van der Waals surface area contributed by atoms with Gasteiger partial charge in [-0.05, 0) is 57.8 Å². The lowest BCUT2D eigenvalue weighted by atomic mass is 10.0. The van der Waals surface area contributed by atoms with E-state index in [1.165, 1.54) is 57.8 Å². The van der Waals surface area contributed by atoms with Crippen molar-refractivity contribution in [1.82, 2.24) is 0 Å². The predicted molar refractivity (Wildman–Crippen MR) is 228 cm³/mol. The number of allylic oxidation sites excluding steroid dienone is 12. The lowest BCUT2D eigenvalue weighted by molar-refractivity contribution is -0.166. The van der Waals surface area contributed by atoms with E-state index in [0.29, 0.717) is 19.3 Å². The number of hydrogen-bond donors (Lipinski definition) is 0. The van der Waals surface area contributed by atoms with Crippen molar-refractivity contribution in [3.8, 4) is 0 Å². The molecule has 0 radical (unpaired) electrons. The van der Waals surface area contributed by atoms with Crippen molar-refractivity contribution < 1.29 is 28.6 Å². The quantitative estimate of drug-likeness (QED) is 0.0270. The highest BCUT2D eigenvalue weighted by Crippen LogP contribution is 2.13. The number of ether oxygens (including phenoxy) is 3. The van der Waals surface area contributed by atoms with Crippen LogP contribution in [0.25, 0.3) is 0 Å². The van der Waals surface area contributed by atoms with Crippen molar-refractivity contribution >= 4 is 17.9 Å². The van der Waals surface area contributed by atoms with Crippen LogP contribution < -0.4 is 0 Å². The molecule has 0 rings (SSSR count). The molecule has 0 saturated carbocycles. The Bertz CT molecular complexity index is 1050. The van der Waals surface area contributed by atoms with Crippen LogP contribution in [0.3, 0.4) is 0 Å². The standard InChI is InChI=1S/C48H80O6/c1-4-7-10-13-15-17-19-21-22-23-24-25-26-27-29-30-32-35-38-41-47(50)53-44-45(43-52-46(49)40-37-34-12-9-6-3)54-48(51)42-39-36-33-31-28-20-18-16-14-11-8-5-2/h7,10,15,17,21-22,24-25,27,29,32,35,45H,4-6,8-9,11-14,16,18-20,23,26,28,30-31,33-34,36-44H2,1-3H3/b10-7-,17-15-,22-21-,25-24-,29-27-,35-32-. The van der Waals surface area contributed by atoms with Gasteiger partial charge in [0.1, 0.15) is 13.2 Å². The molecule has 6 nitrogen and oxygen atoms in total. The number of esters is 3. The minimum absolute atomic E-state index is 0.0988. The maximum Gasteiger partial charge on any atom is 0.306 e. The van der Waals surface area contributed by atoms with E-state index in [0.717, 1.165) is 89.9 Å². The summed E-state index contributed by atoms with van der Waals surface area (Å²) in [6.07, 6.45) is 52.1. The van der Waals surface area contributed by atoms with Crippen LogP contribution in [-0.4, -0.2) is 37.2 Å². The van der Waals surface area contributed by atoms with E-state index in [-0.39, 0.29) is 37.5 Å². The van der Waals surface area contributed by atoms with Gasteiger partial charge in [-0.1, -0.05) is 190 Å². The lowest BCUT2D eigenvalue weighted by Crippen LogP contribution is -2.30. The monoisotopic (exact) mass is 753 g/mol. The van der Waals surface area contributed by atoms with E-state index < -0.39 is 6.10 Å². The zero-order chi connectivity index (χ0) is 39.4. The fourth-order valence-corrected chi connectivity index (χ4v) is 5.70. The summed E-state index contributed by atoms with van der Waals surface area (Å²) in [5, 5.41) is 0. The van der Waals surface area contributed by atoms with Crippen LogP contribution in [0.5, 0.6) is 0 Å². The molecular weight excluding hydrogens is 673 g/mol. The van der Waals surface area contributed by atoms with Crippen LogP contribution in [0.4, 0.5) is 0 Å². The van der Waals surface area contributed by atoms with Gasteiger partial charge in [0.25, 0.3) is 0 Å². The molecule has 1 atom stereocenters. The zero-order valence-corrected chi connectivity index (χ0v) is 35.0. The molecule has 0 aliphatic carbocycles. The maximum absolute atomic E-state index is 12.6. The Morgan fingerprint density at radius 2 is 0.722 bits per heavy atom. The Morgan fingerprint density at radius 1 is 0.389 bits per heavy atom. The molecule has 0 heterocycles. The third-order valence-electron chi connectivity index (χ3n) is 8.99. The predicted octanol–water partition coefficient (Wildman–Crippen LogP) is 13.9. The number of hydrogen-bond acceptors (Lipinski definition) is 6. The lowest BCUT2D eigenvalue weighted by Gasteiger charge is -2.18. The highest BCUT2D eigenvalue weighted by molar-refractivity contribution is 5.71.